The lowest BCUT2D eigenvalue weighted by Gasteiger charge is -2.05. The first-order valence-corrected chi connectivity index (χ1v) is 3.82. The minimum absolute atomic E-state index is 0. The summed E-state index contributed by atoms with van der Waals surface area (Å²) in [5, 5.41) is 0. The Balaban J connectivity index is 0. The van der Waals surface area contributed by atoms with Crippen molar-refractivity contribution < 1.29 is 10.2 Å². The molecule has 0 aromatic rings. The summed E-state index contributed by atoms with van der Waals surface area (Å²) in [6.45, 7) is 0. The highest BCUT2D eigenvalue weighted by Crippen LogP contribution is 2.15. The Hall–Kier alpha value is -0.0800. The van der Waals surface area contributed by atoms with E-state index in [9.17, 15) is 0 Å². The summed E-state index contributed by atoms with van der Waals surface area (Å²) in [5.41, 5.74) is 0. The van der Waals surface area contributed by atoms with Crippen LogP contribution in [0.15, 0.2) is 0 Å². The topological polar surface area (TPSA) is 40.7 Å². The van der Waals surface area contributed by atoms with Gasteiger partial charge >= 0.3 is 0 Å². The molecule has 0 atom stereocenters. The minimum atomic E-state index is 0. The van der Waals surface area contributed by atoms with E-state index in [4.69, 9.17) is 0 Å². The molecule has 0 spiro atoms. The Morgan fingerprint density at radius 1 is 0.700 bits per heavy atom. The van der Waals surface area contributed by atoms with Crippen molar-refractivity contribution in [1.82, 2.24) is 0 Å². The molecule has 2 N–H and O–H groups in total. The molecule has 1 fully saturated rings. The van der Waals surface area contributed by atoms with Crippen LogP contribution in [-0.4, -0.2) is 19.7 Å². The number of rotatable bonds is 0. The summed E-state index contributed by atoms with van der Waals surface area (Å²) < 4.78 is 4.25. The first kappa shape index (κ1) is 12.6. The van der Waals surface area contributed by atoms with E-state index in [0.717, 1.165) is 0 Å². The van der Waals surface area contributed by atoms with Gasteiger partial charge in [0.05, 0.1) is 0 Å². The van der Waals surface area contributed by atoms with E-state index in [1.54, 1.807) is 14.2 Å². The molecular formula is C8H20O2. The summed E-state index contributed by atoms with van der Waals surface area (Å²) in [4.78, 5) is 0. The third-order valence-corrected chi connectivity index (χ3v) is 1.50. The Kier molecular flexibility index (Phi) is 14.7. The van der Waals surface area contributed by atoms with Crippen LogP contribution in [-0.2, 0) is 4.74 Å². The lowest BCUT2D eigenvalue weighted by molar-refractivity contribution is 0.277. The lowest BCUT2D eigenvalue weighted by Crippen LogP contribution is -1.85. The van der Waals surface area contributed by atoms with Gasteiger partial charge in [0.1, 0.15) is 0 Å². The third kappa shape index (κ3) is 10.8. The second-order valence-electron chi connectivity index (χ2n) is 2.53. The maximum absolute atomic E-state index is 4.25. The Morgan fingerprint density at radius 3 is 0.900 bits per heavy atom. The molecule has 0 aromatic heterocycles. The molecule has 10 heavy (non-hydrogen) atoms. The van der Waals surface area contributed by atoms with Gasteiger partial charge in [0.2, 0.25) is 0 Å². The highest BCUT2D eigenvalue weighted by Gasteiger charge is 1.95. The quantitative estimate of drug-likeness (QED) is 0.516. The fourth-order valence-electron chi connectivity index (χ4n) is 1.06. The molecule has 1 saturated carbocycles. The number of methoxy groups -OCH3 is 1. The molecule has 0 unspecified atom stereocenters. The summed E-state index contributed by atoms with van der Waals surface area (Å²) in [7, 11) is 3.25. The molecule has 1 rings (SSSR count). The first-order valence-electron chi connectivity index (χ1n) is 3.82. The summed E-state index contributed by atoms with van der Waals surface area (Å²) in [6, 6.07) is 0. The minimum Gasteiger partial charge on any atom is -0.412 e. The van der Waals surface area contributed by atoms with Gasteiger partial charge in [0, 0.05) is 14.2 Å². The molecule has 0 amide bonds. The maximum Gasteiger partial charge on any atom is 0.0351 e. The smallest absolute Gasteiger partial charge is 0.0351 e. The van der Waals surface area contributed by atoms with Crippen molar-refractivity contribution in [2.24, 2.45) is 0 Å². The Bertz CT molecular complexity index is 31.0. The molecule has 2 heteroatoms. The normalized spacial score (nSPS) is 16.2. The van der Waals surface area contributed by atoms with Gasteiger partial charge in [0.25, 0.3) is 0 Å². The van der Waals surface area contributed by atoms with Crippen LogP contribution in [0.1, 0.15) is 38.5 Å². The summed E-state index contributed by atoms with van der Waals surface area (Å²) >= 11 is 0. The highest BCUT2D eigenvalue weighted by molar-refractivity contribution is 4.51. The van der Waals surface area contributed by atoms with Crippen LogP contribution < -0.4 is 0 Å². The van der Waals surface area contributed by atoms with Gasteiger partial charge in [-0.15, -0.1) is 0 Å². The molecule has 1 aliphatic carbocycles. The fraction of sp³-hybridized carbons (Fsp3) is 1.00. The fourth-order valence-corrected chi connectivity index (χ4v) is 1.06. The van der Waals surface area contributed by atoms with Gasteiger partial charge in [-0.2, -0.15) is 0 Å². The zero-order valence-corrected chi connectivity index (χ0v) is 7.15. The molecule has 0 aliphatic heterocycles. The van der Waals surface area contributed by atoms with Gasteiger partial charge in [0.15, 0.2) is 0 Å². The molecule has 0 radical (unpaired) electrons. The average Bonchev–Trinajstić information content (AvgIpc) is 1.93. The third-order valence-electron chi connectivity index (χ3n) is 1.50. The Morgan fingerprint density at radius 2 is 0.800 bits per heavy atom. The monoisotopic (exact) mass is 148 g/mol. The van der Waals surface area contributed by atoms with E-state index in [2.05, 4.69) is 4.74 Å². The molecule has 1 aliphatic rings. The average molecular weight is 148 g/mol. The standard InChI is InChI=1S/C6H12.C2H6O.H2O/c1-2-4-6-5-3-1;1-3-2;/h1-6H2;1-2H3;1H2. The predicted molar refractivity (Wildman–Crippen MR) is 44.2 cm³/mol. The summed E-state index contributed by atoms with van der Waals surface area (Å²) in [6.07, 6.45) is 9.00. The predicted octanol–water partition coefficient (Wildman–Crippen LogP) is 1.78. The molecule has 64 valence electrons. The van der Waals surface area contributed by atoms with Crippen LogP contribution in [0.2, 0.25) is 0 Å². The lowest BCUT2D eigenvalue weighted by atomic mass is 10.0. The molecule has 0 saturated heterocycles. The van der Waals surface area contributed by atoms with Crippen LogP contribution >= 0.6 is 0 Å². The van der Waals surface area contributed by atoms with E-state index >= 15 is 0 Å². The van der Waals surface area contributed by atoms with Gasteiger partial charge in [-0.25, -0.2) is 0 Å². The van der Waals surface area contributed by atoms with E-state index < -0.39 is 0 Å². The first-order chi connectivity index (χ1) is 4.41. The van der Waals surface area contributed by atoms with Crippen molar-refractivity contribution in [3.05, 3.63) is 0 Å². The highest BCUT2D eigenvalue weighted by atomic mass is 16.4. The number of hydrogen-bond acceptors (Lipinski definition) is 1. The largest absolute Gasteiger partial charge is 0.412 e. The van der Waals surface area contributed by atoms with E-state index in [-0.39, 0.29) is 5.48 Å². The van der Waals surface area contributed by atoms with E-state index in [1.807, 2.05) is 0 Å². The summed E-state index contributed by atoms with van der Waals surface area (Å²) in [5.74, 6) is 0. The number of hydrogen-bond donors (Lipinski definition) is 0. The van der Waals surface area contributed by atoms with Crippen molar-refractivity contribution in [3.8, 4) is 0 Å². The van der Waals surface area contributed by atoms with Gasteiger partial charge in [-0.05, 0) is 0 Å². The zero-order chi connectivity index (χ0) is 6.95. The van der Waals surface area contributed by atoms with Crippen molar-refractivity contribution in [2.45, 2.75) is 38.5 Å². The van der Waals surface area contributed by atoms with Crippen molar-refractivity contribution >= 4 is 0 Å². The van der Waals surface area contributed by atoms with Crippen LogP contribution in [0, 0.1) is 0 Å². The zero-order valence-electron chi connectivity index (χ0n) is 7.15. The van der Waals surface area contributed by atoms with Gasteiger partial charge in [-0.1, -0.05) is 38.5 Å². The second-order valence-corrected chi connectivity index (χ2v) is 2.53. The van der Waals surface area contributed by atoms with Gasteiger partial charge < -0.3 is 10.2 Å². The molecular weight excluding hydrogens is 128 g/mol. The maximum atomic E-state index is 4.25. The molecule has 0 aromatic carbocycles. The van der Waals surface area contributed by atoms with Crippen LogP contribution in [0.5, 0.6) is 0 Å². The SMILES string of the molecule is C1CCCCC1.COC.O. The van der Waals surface area contributed by atoms with Crippen molar-refractivity contribution in [1.29, 1.82) is 0 Å². The molecule has 0 heterocycles. The van der Waals surface area contributed by atoms with Crippen LogP contribution in [0.3, 0.4) is 0 Å². The van der Waals surface area contributed by atoms with Crippen LogP contribution in [0.4, 0.5) is 0 Å². The molecule has 2 nitrogen and oxygen atoms in total. The second kappa shape index (κ2) is 11.7. The Labute approximate surface area is 63.9 Å². The van der Waals surface area contributed by atoms with E-state index in [0.29, 0.717) is 0 Å². The number of ether oxygens (including phenoxy) is 1. The molecule has 0 bridgehead atoms. The van der Waals surface area contributed by atoms with Crippen molar-refractivity contribution in [3.63, 3.8) is 0 Å². The van der Waals surface area contributed by atoms with Gasteiger partial charge in [-0.3, -0.25) is 0 Å². The van der Waals surface area contributed by atoms with Crippen molar-refractivity contribution in [2.75, 3.05) is 14.2 Å². The van der Waals surface area contributed by atoms with Crippen LogP contribution in [0.25, 0.3) is 0 Å². The van der Waals surface area contributed by atoms with E-state index in [1.165, 1.54) is 38.5 Å².